The zero-order chi connectivity index (χ0) is 15.7. The molecule has 1 fully saturated rings. The molecule has 0 radical (unpaired) electrons. The first-order chi connectivity index (χ1) is 10.6. The topological polar surface area (TPSA) is 88.6 Å². The summed E-state index contributed by atoms with van der Waals surface area (Å²) in [5, 5.41) is 13.0. The lowest BCUT2D eigenvalue weighted by Crippen LogP contribution is -2.39. The van der Waals surface area contributed by atoms with Crippen LogP contribution in [0.2, 0.25) is 0 Å². The van der Waals surface area contributed by atoms with E-state index in [-0.39, 0.29) is 17.5 Å². The monoisotopic (exact) mass is 367 g/mol. The highest BCUT2D eigenvalue weighted by molar-refractivity contribution is 9.10. The van der Waals surface area contributed by atoms with Crippen molar-refractivity contribution in [2.45, 2.75) is 18.9 Å². The zero-order valence-corrected chi connectivity index (χ0v) is 13.2. The fourth-order valence-electron chi connectivity index (χ4n) is 2.57. The van der Waals surface area contributed by atoms with Crippen LogP contribution in [-0.2, 0) is 0 Å². The van der Waals surface area contributed by atoms with E-state index in [1.54, 1.807) is 15.6 Å². The average molecular weight is 368 g/mol. The summed E-state index contributed by atoms with van der Waals surface area (Å²) in [5.41, 5.74) is 0.179. The van der Waals surface area contributed by atoms with Crippen LogP contribution in [0.3, 0.4) is 0 Å². The molecule has 116 valence electrons. The average Bonchev–Trinajstić information content (AvgIpc) is 3.15. The number of aromatic nitrogens is 2. The van der Waals surface area contributed by atoms with Crippen molar-refractivity contribution in [1.82, 2.24) is 14.7 Å². The Bertz CT molecular complexity index is 701. The molecule has 0 aromatic carbocycles. The molecule has 2 aromatic heterocycles. The van der Waals surface area contributed by atoms with Gasteiger partial charge in [0.25, 0.3) is 5.91 Å². The van der Waals surface area contributed by atoms with E-state index in [4.69, 9.17) is 9.52 Å². The van der Waals surface area contributed by atoms with Crippen molar-refractivity contribution in [3.05, 3.63) is 40.5 Å². The van der Waals surface area contributed by atoms with Crippen molar-refractivity contribution in [3.8, 4) is 0 Å². The number of aromatic carboxylic acids is 1. The Labute approximate surface area is 134 Å². The van der Waals surface area contributed by atoms with Gasteiger partial charge in [-0.1, -0.05) is 0 Å². The number of hydrogen-bond donors (Lipinski definition) is 1. The molecular formula is C14H14BrN3O4. The number of carboxylic acids is 1. The lowest BCUT2D eigenvalue weighted by Gasteiger charge is -2.31. The largest absolute Gasteiger partial charge is 0.478 e. The third kappa shape index (κ3) is 2.78. The lowest BCUT2D eigenvalue weighted by molar-refractivity contribution is 0.0656. The number of carboxylic acid groups (broad SMARTS) is 1. The maximum atomic E-state index is 12.3. The van der Waals surface area contributed by atoms with Crippen LogP contribution in [0.5, 0.6) is 0 Å². The molecule has 0 saturated carbocycles. The molecule has 8 heteroatoms. The number of furan rings is 1. The van der Waals surface area contributed by atoms with Gasteiger partial charge >= 0.3 is 5.97 Å². The van der Waals surface area contributed by atoms with Crippen LogP contribution in [0.15, 0.2) is 33.6 Å². The fraction of sp³-hybridized carbons (Fsp3) is 0.357. The second-order valence-corrected chi connectivity index (χ2v) is 5.99. The van der Waals surface area contributed by atoms with E-state index >= 15 is 0 Å². The van der Waals surface area contributed by atoms with Crippen molar-refractivity contribution < 1.29 is 19.1 Å². The first-order valence-electron chi connectivity index (χ1n) is 6.86. The molecule has 0 bridgehead atoms. The van der Waals surface area contributed by atoms with Gasteiger partial charge in [0.1, 0.15) is 0 Å². The molecule has 7 nitrogen and oxygen atoms in total. The number of amides is 1. The SMILES string of the molecule is O=C(O)c1cnn(C2CCN(C(=O)c3occc3Br)CC2)c1. The first kappa shape index (κ1) is 14.8. The summed E-state index contributed by atoms with van der Waals surface area (Å²) in [6.45, 7) is 1.16. The molecule has 0 aliphatic carbocycles. The van der Waals surface area contributed by atoms with Gasteiger partial charge in [-0.25, -0.2) is 4.79 Å². The molecular weight excluding hydrogens is 354 g/mol. The predicted molar refractivity (Wildman–Crippen MR) is 79.8 cm³/mol. The number of nitrogens with zero attached hydrogens (tertiary/aromatic N) is 3. The second-order valence-electron chi connectivity index (χ2n) is 5.14. The van der Waals surface area contributed by atoms with Crippen molar-refractivity contribution >= 4 is 27.8 Å². The minimum Gasteiger partial charge on any atom is -0.478 e. The quantitative estimate of drug-likeness (QED) is 0.899. The highest BCUT2D eigenvalue weighted by Crippen LogP contribution is 2.25. The van der Waals surface area contributed by atoms with Gasteiger partial charge < -0.3 is 14.4 Å². The molecule has 1 amide bonds. The van der Waals surface area contributed by atoms with Gasteiger partial charge in [0.2, 0.25) is 5.76 Å². The zero-order valence-electron chi connectivity index (χ0n) is 11.6. The molecule has 1 aliphatic heterocycles. The van der Waals surface area contributed by atoms with Crippen molar-refractivity contribution in [2.75, 3.05) is 13.1 Å². The Morgan fingerprint density at radius 1 is 1.36 bits per heavy atom. The summed E-state index contributed by atoms with van der Waals surface area (Å²) >= 11 is 3.29. The molecule has 1 saturated heterocycles. The van der Waals surface area contributed by atoms with Gasteiger partial charge in [0, 0.05) is 19.3 Å². The second kappa shape index (κ2) is 5.96. The first-order valence-corrected chi connectivity index (χ1v) is 7.65. The minimum atomic E-state index is -0.985. The normalized spacial score (nSPS) is 16.0. The summed E-state index contributed by atoms with van der Waals surface area (Å²) in [6.07, 6.45) is 5.81. The van der Waals surface area contributed by atoms with Gasteiger partial charge in [-0.15, -0.1) is 0 Å². The Morgan fingerprint density at radius 3 is 2.64 bits per heavy atom. The van der Waals surface area contributed by atoms with E-state index in [9.17, 15) is 9.59 Å². The van der Waals surface area contributed by atoms with Gasteiger partial charge in [0.15, 0.2) is 0 Å². The third-order valence-corrected chi connectivity index (χ3v) is 4.41. The molecule has 3 heterocycles. The van der Waals surface area contributed by atoms with Crippen LogP contribution in [0.25, 0.3) is 0 Å². The van der Waals surface area contributed by atoms with Crippen LogP contribution < -0.4 is 0 Å². The van der Waals surface area contributed by atoms with E-state index in [0.717, 1.165) is 12.8 Å². The van der Waals surface area contributed by atoms with Crippen LogP contribution in [0, 0.1) is 0 Å². The number of hydrogen-bond acceptors (Lipinski definition) is 4. The van der Waals surface area contributed by atoms with E-state index in [0.29, 0.717) is 23.3 Å². The summed E-state index contributed by atoms with van der Waals surface area (Å²) < 4.78 is 7.52. The Kier molecular flexibility index (Phi) is 4.02. The van der Waals surface area contributed by atoms with E-state index < -0.39 is 5.97 Å². The highest BCUT2D eigenvalue weighted by atomic mass is 79.9. The van der Waals surface area contributed by atoms with Crippen molar-refractivity contribution in [2.24, 2.45) is 0 Å². The maximum absolute atomic E-state index is 12.3. The summed E-state index contributed by atoms with van der Waals surface area (Å²) in [7, 11) is 0. The Morgan fingerprint density at radius 2 is 2.09 bits per heavy atom. The third-order valence-electron chi connectivity index (χ3n) is 3.79. The minimum absolute atomic E-state index is 0.109. The molecule has 1 N–H and O–H groups in total. The molecule has 0 spiro atoms. The summed E-state index contributed by atoms with van der Waals surface area (Å²) in [6, 6.07) is 1.80. The van der Waals surface area contributed by atoms with Gasteiger partial charge in [-0.2, -0.15) is 5.10 Å². The highest BCUT2D eigenvalue weighted by Gasteiger charge is 2.27. The molecule has 1 aliphatic rings. The molecule has 3 rings (SSSR count). The van der Waals surface area contributed by atoms with E-state index in [1.165, 1.54) is 18.7 Å². The van der Waals surface area contributed by atoms with Gasteiger partial charge in [-0.05, 0) is 34.8 Å². The molecule has 22 heavy (non-hydrogen) atoms. The number of carbonyl (C=O) groups excluding carboxylic acids is 1. The maximum Gasteiger partial charge on any atom is 0.338 e. The lowest BCUT2D eigenvalue weighted by atomic mass is 10.1. The van der Waals surface area contributed by atoms with Gasteiger partial charge in [-0.3, -0.25) is 9.48 Å². The molecule has 2 aromatic rings. The number of likely N-dealkylation sites (tertiary alicyclic amines) is 1. The smallest absolute Gasteiger partial charge is 0.338 e. The molecule has 0 unspecified atom stereocenters. The molecule has 0 atom stereocenters. The number of halogens is 1. The number of piperidine rings is 1. The van der Waals surface area contributed by atoms with E-state index in [2.05, 4.69) is 21.0 Å². The standard InChI is InChI=1S/C14H14BrN3O4/c15-11-3-6-22-12(11)13(19)17-4-1-10(2-5-17)18-8-9(7-16-18)14(20)21/h3,6-8,10H,1-2,4-5H2,(H,20,21). The van der Waals surface area contributed by atoms with Crippen LogP contribution in [-0.4, -0.2) is 44.8 Å². The Balaban J connectivity index is 1.63. The van der Waals surface area contributed by atoms with Crippen LogP contribution >= 0.6 is 15.9 Å². The summed E-state index contributed by atoms with van der Waals surface area (Å²) in [4.78, 5) is 24.9. The van der Waals surface area contributed by atoms with Crippen molar-refractivity contribution in [3.63, 3.8) is 0 Å². The van der Waals surface area contributed by atoms with Crippen LogP contribution in [0.1, 0.15) is 39.8 Å². The summed E-state index contributed by atoms with van der Waals surface area (Å²) in [5.74, 6) is -0.811. The van der Waals surface area contributed by atoms with Crippen LogP contribution in [0.4, 0.5) is 0 Å². The Hall–Kier alpha value is -2.09. The van der Waals surface area contributed by atoms with E-state index in [1.807, 2.05) is 0 Å². The van der Waals surface area contributed by atoms with Crippen molar-refractivity contribution in [1.29, 1.82) is 0 Å². The number of carbonyl (C=O) groups is 2. The number of rotatable bonds is 3. The fourth-order valence-corrected chi connectivity index (χ4v) is 2.94. The van der Waals surface area contributed by atoms with Gasteiger partial charge in [0.05, 0.1) is 28.5 Å². The predicted octanol–water partition coefficient (Wildman–Crippen LogP) is 2.41.